The molecule has 2 amide bonds. The Labute approximate surface area is 107 Å². The summed E-state index contributed by atoms with van der Waals surface area (Å²) in [4.78, 5) is 22.8. The molecule has 0 radical (unpaired) electrons. The topological polar surface area (TPSA) is 70.2 Å². The predicted octanol–water partition coefficient (Wildman–Crippen LogP) is 0.375. The highest BCUT2D eigenvalue weighted by molar-refractivity contribution is 5.86. The molecule has 0 fully saturated rings. The molecule has 0 aliphatic heterocycles. The summed E-state index contributed by atoms with van der Waals surface area (Å²) in [6.07, 6.45) is -0.684. The number of likely N-dealkylation sites (N-methyl/N-ethyl adjacent to an activating group) is 1. The zero-order chi connectivity index (χ0) is 13.4. The Balaban J connectivity index is 2.48. The molecule has 98 valence electrons. The van der Waals surface area contributed by atoms with Crippen molar-refractivity contribution in [1.82, 2.24) is 16.0 Å². The highest BCUT2D eigenvalue weighted by atomic mass is 16.2. The van der Waals surface area contributed by atoms with Crippen LogP contribution in [0, 0.1) is 0 Å². The first-order chi connectivity index (χ1) is 8.63. The molecule has 18 heavy (non-hydrogen) atoms. The fourth-order valence-corrected chi connectivity index (χ4v) is 1.50. The van der Waals surface area contributed by atoms with Crippen LogP contribution in [0.4, 0.5) is 0 Å². The van der Waals surface area contributed by atoms with Crippen molar-refractivity contribution in [3.8, 4) is 0 Å². The molecule has 0 unspecified atom stereocenters. The van der Waals surface area contributed by atoms with Gasteiger partial charge in [0, 0.05) is 13.5 Å². The lowest BCUT2D eigenvalue weighted by molar-refractivity contribution is -0.129. The van der Waals surface area contributed by atoms with Gasteiger partial charge in [-0.05, 0) is 12.1 Å². The summed E-state index contributed by atoms with van der Waals surface area (Å²) in [6.45, 7) is 4.30. The Hall–Kier alpha value is -1.88. The van der Waals surface area contributed by atoms with Crippen LogP contribution in [0.15, 0.2) is 30.3 Å². The van der Waals surface area contributed by atoms with Gasteiger partial charge in [-0.15, -0.1) is 0 Å². The van der Waals surface area contributed by atoms with E-state index in [0.717, 1.165) is 5.56 Å². The summed E-state index contributed by atoms with van der Waals surface area (Å²) in [6, 6.07) is 9.61. The van der Waals surface area contributed by atoms with Crippen LogP contribution in [0.3, 0.4) is 0 Å². The molecule has 0 bridgehead atoms. The second-order valence-electron chi connectivity index (χ2n) is 3.89. The number of carbonyl (C=O) groups excluding carboxylic acids is 2. The molecule has 0 saturated heterocycles. The summed E-state index contributed by atoms with van der Waals surface area (Å²) >= 11 is 0. The molecule has 3 N–H and O–H groups in total. The van der Waals surface area contributed by atoms with Gasteiger partial charge < -0.3 is 10.6 Å². The zero-order valence-electron chi connectivity index (χ0n) is 10.7. The lowest BCUT2D eigenvalue weighted by Gasteiger charge is -2.18. The third-order valence-electron chi connectivity index (χ3n) is 2.33. The maximum atomic E-state index is 11.9. The van der Waals surface area contributed by atoms with Crippen LogP contribution in [0.25, 0.3) is 0 Å². The Morgan fingerprint density at radius 1 is 1.22 bits per heavy atom. The van der Waals surface area contributed by atoms with Crippen molar-refractivity contribution in [3.05, 3.63) is 35.9 Å². The van der Waals surface area contributed by atoms with E-state index in [2.05, 4.69) is 16.0 Å². The number of rotatable bonds is 6. The average Bonchev–Trinajstić information content (AvgIpc) is 2.36. The third-order valence-corrected chi connectivity index (χ3v) is 2.33. The minimum absolute atomic E-state index is 0.240. The lowest BCUT2D eigenvalue weighted by Crippen LogP contribution is -2.54. The van der Waals surface area contributed by atoms with E-state index < -0.39 is 6.17 Å². The van der Waals surface area contributed by atoms with Gasteiger partial charge in [0.25, 0.3) is 5.91 Å². The van der Waals surface area contributed by atoms with E-state index >= 15 is 0 Å². The van der Waals surface area contributed by atoms with E-state index in [-0.39, 0.29) is 11.8 Å². The summed E-state index contributed by atoms with van der Waals surface area (Å²) in [7, 11) is 0. The molecular weight excluding hydrogens is 230 g/mol. The number of nitrogens with one attached hydrogen (secondary N) is 3. The van der Waals surface area contributed by atoms with E-state index in [9.17, 15) is 9.59 Å². The Morgan fingerprint density at radius 3 is 2.44 bits per heavy atom. The van der Waals surface area contributed by atoms with Gasteiger partial charge in [0.1, 0.15) is 0 Å². The van der Waals surface area contributed by atoms with Crippen molar-refractivity contribution < 1.29 is 9.59 Å². The largest absolute Gasteiger partial charge is 0.349 e. The van der Waals surface area contributed by atoms with Crippen molar-refractivity contribution in [3.63, 3.8) is 0 Å². The van der Waals surface area contributed by atoms with Crippen LogP contribution >= 0.6 is 0 Å². The number of amides is 2. The van der Waals surface area contributed by atoms with Crippen LogP contribution in [0.2, 0.25) is 0 Å². The van der Waals surface area contributed by atoms with E-state index in [1.807, 2.05) is 37.3 Å². The standard InChI is InChI=1S/C13H19N3O2/c1-3-14-12(16-10(2)17)13(18)15-9-11-7-5-4-6-8-11/h4-8,12,14H,3,9H2,1-2H3,(H,15,18)(H,16,17)/t12-/m0/s1. The first-order valence-electron chi connectivity index (χ1n) is 5.95. The summed E-state index contributed by atoms with van der Waals surface area (Å²) < 4.78 is 0. The Kier molecular flexibility index (Phi) is 5.87. The van der Waals surface area contributed by atoms with E-state index in [0.29, 0.717) is 13.1 Å². The highest BCUT2D eigenvalue weighted by Gasteiger charge is 2.17. The van der Waals surface area contributed by atoms with Crippen molar-refractivity contribution in [2.45, 2.75) is 26.6 Å². The molecule has 0 aromatic heterocycles. The Morgan fingerprint density at radius 2 is 1.89 bits per heavy atom. The predicted molar refractivity (Wildman–Crippen MR) is 69.6 cm³/mol. The molecule has 0 heterocycles. The summed E-state index contributed by atoms with van der Waals surface area (Å²) in [5.74, 6) is -0.480. The maximum Gasteiger partial charge on any atom is 0.257 e. The normalized spacial score (nSPS) is 11.7. The smallest absolute Gasteiger partial charge is 0.257 e. The second-order valence-corrected chi connectivity index (χ2v) is 3.89. The maximum absolute atomic E-state index is 11.9. The average molecular weight is 249 g/mol. The van der Waals surface area contributed by atoms with Gasteiger partial charge >= 0.3 is 0 Å². The highest BCUT2D eigenvalue weighted by Crippen LogP contribution is 1.97. The SMILES string of the molecule is CCN[C@@H](NC(C)=O)C(=O)NCc1ccccc1. The molecule has 1 atom stereocenters. The molecule has 5 heteroatoms. The summed E-state index contributed by atoms with van der Waals surface area (Å²) in [5.41, 5.74) is 1.02. The molecule has 0 aliphatic rings. The fraction of sp³-hybridized carbons (Fsp3) is 0.385. The van der Waals surface area contributed by atoms with Crippen molar-refractivity contribution in [1.29, 1.82) is 0 Å². The molecule has 1 aromatic carbocycles. The summed E-state index contributed by atoms with van der Waals surface area (Å²) in [5, 5.41) is 8.23. The number of hydrogen-bond donors (Lipinski definition) is 3. The van der Waals surface area contributed by atoms with Crippen LogP contribution < -0.4 is 16.0 Å². The first kappa shape index (κ1) is 14.2. The second kappa shape index (κ2) is 7.45. The third kappa shape index (κ3) is 4.97. The van der Waals surface area contributed by atoms with Gasteiger partial charge in [-0.2, -0.15) is 0 Å². The zero-order valence-corrected chi connectivity index (χ0v) is 10.7. The van der Waals surface area contributed by atoms with Crippen molar-refractivity contribution >= 4 is 11.8 Å². The molecule has 5 nitrogen and oxygen atoms in total. The number of benzene rings is 1. The van der Waals surface area contributed by atoms with Crippen LogP contribution in [0.1, 0.15) is 19.4 Å². The van der Waals surface area contributed by atoms with E-state index in [4.69, 9.17) is 0 Å². The lowest BCUT2D eigenvalue weighted by atomic mass is 10.2. The first-order valence-corrected chi connectivity index (χ1v) is 5.95. The van der Waals surface area contributed by atoms with Crippen molar-refractivity contribution in [2.24, 2.45) is 0 Å². The number of hydrogen-bond acceptors (Lipinski definition) is 3. The molecule has 1 aromatic rings. The quantitative estimate of drug-likeness (QED) is 0.638. The van der Waals surface area contributed by atoms with Crippen molar-refractivity contribution in [2.75, 3.05) is 6.54 Å². The van der Waals surface area contributed by atoms with E-state index in [1.165, 1.54) is 6.92 Å². The van der Waals surface area contributed by atoms with Crippen LogP contribution in [-0.2, 0) is 16.1 Å². The Bertz CT molecular complexity index is 392. The fourth-order valence-electron chi connectivity index (χ4n) is 1.50. The van der Waals surface area contributed by atoms with Gasteiger partial charge in [-0.3, -0.25) is 14.9 Å². The minimum Gasteiger partial charge on any atom is -0.349 e. The van der Waals surface area contributed by atoms with Gasteiger partial charge in [0.05, 0.1) is 0 Å². The number of carbonyl (C=O) groups is 2. The molecule has 0 saturated carbocycles. The van der Waals surface area contributed by atoms with Crippen LogP contribution in [0.5, 0.6) is 0 Å². The van der Waals surface area contributed by atoms with Gasteiger partial charge in [0.15, 0.2) is 6.17 Å². The molecular formula is C13H19N3O2. The van der Waals surface area contributed by atoms with E-state index in [1.54, 1.807) is 0 Å². The van der Waals surface area contributed by atoms with Crippen LogP contribution in [-0.4, -0.2) is 24.5 Å². The van der Waals surface area contributed by atoms with Gasteiger partial charge in [-0.1, -0.05) is 37.3 Å². The van der Waals surface area contributed by atoms with Gasteiger partial charge in [0.2, 0.25) is 5.91 Å². The molecule has 1 rings (SSSR count). The van der Waals surface area contributed by atoms with Gasteiger partial charge in [-0.25, -0.2) is 0 Å². The molecule has 0 aliphatic carbocycles. The monoisotopic (exact) mass is 249 g/mol. The minimum atomic E-state index is -0.684. The molecule has 0 spiro atoms.